The Labute approximate surface area is 43.0 Å². The van der Waals surface area contributed by atoms with Crippen molar-refractivity contribution >= 4 is 5.91 Å². The van der Waals surface area contributed by atoms with Crippen molar-refractivity contribution in [3.63, 3.8) is 0 Å². The first kappa shape index (κ1) is 6.37. The minimum atomic E-state index is -0.0949. The zero-order valence-corrected chi connectivity index (χ0v) is 4.69. The first-order valence-electron chi connectivity index (χ1n) is 2.17. The molecule has 2 heteroatoms. The number of rotatable bonds is 1. The van der Waals surface area contributed by atoms with Crippen LogP contribution in [0.5, 0.6) is 0 Å². The predicted molar refractivity (Wildman–Crippen MR) is 27.3 cm³/mol. The molecule has 7 heavy (non-hydrogen) atoms. The SMILES string of the molecule is CC=C(C)C([NH3+])=O. The van der Waals surface area contributed by atoms with Crippen LogP contribution in [0.25, 0.3) is 0 Å². The van der Waals surface area contributed by atoms with Crippen molar-refractivity contribution in [3.8, 4) is 0 Å². The summed E-state index contributed by atoms with van der Waals surface area (Å²) in [7, 11) is 0. The first-order chi connectivity index (χ1) is 3.18. The predicted octanol–water partition coefficient (Wildman–Crippen LogP) is -0.279. The van der Waals surface area contributed by atoms with E-state index < -0.39 is 0 Å². The van der Waals surface area contributed by atoms with Crippen LogP contribution in [0.4, 0.5) is 0 Å². The lowest BCUT2D eigenvalue weighted by atomic mass is 10.3. The average molecular weight is 100 g/mol. The summed E-state index contributed by atoms with van der Waals surface area (Å²) in [5.74, 6) is -0.0949. The van der Waals surface area contributed by atoms with Crippen LogP contribution >= 0.6 is 0 Å². The molecule has 0 radical (unpaired) electrons. The summed E-state index contributed by atoms with van der Waals surface area (Å²) in [5, 5.41) is 0. The molecule has 40 valence electrons. The highest BCUT2D eigenvalue weighted by Gasteiger charge is 1.95. The molecule has 1 amide bonds. The molecule has 0 heterocycles. The second-order valence-corrected chi connectivity index (χ2v) is 1.39. The molecule has 0 aromatic carbocycles. The topological polar surface area (TPSA) is 44.7 Å². The highest BCUT2D eigenvalue weighted by molar-refractivity contribution is 5.83. The number of carbonyl (C=O) groups is 1. The van der Waals surface area contributed by atoms with Crippen molar-refractivity contribution in [2.75, 3.05) is 0 Å². The van der Waals surface area contributed by atoms with Crippen molar-refractivity contribution in [1.82, 2.24) is 0 Å². The molecule has 0 aliphatic heterocycles. The van der Waals surface area contributed by atoms with E-state index in [2.05, 4.69) is 5.73 Å². The Hall–Kier alpha value is -0.630. The fourth-order valence-corrected chi connectivity index (χ4v) is 0.161. The van der Waals surface area contributed by atoms with Gasteiger partial charge in [-0.15, -0.1) is 0 Å². The average Bonchev–Trinajstić information content (AvgIpc) is 1.65. The molecule has 0 aliphatic rings. The van der Waals surface area contributed by atoms with Gasteiger partial charge in [0.25, 0.3) is 0 Å². The highest BCUT2D eigenvalue weighted by Crippen LogP contribution is 1.84. The number of amides is 1. The van der Waals surface area contributed by atoms with Gasteiger partial charge in [0.2, 0.25) is 0 Å². The zero-order chi connectivity index (χ0) is 5.86. The summed E-state index contributed by atoms with van der Waals surface area (Å²) in [6.07, 6.45) is 1.75. The van der Waals surface area contributed by atoms with E-state index >= 15 is 0 Å². The monoisotopic (exact) mass is 100 g/mol. The maximum Gasteiger partial charge on any atom is 0.336 e. The maximum atomic E-state index is 10.2. The van der Waals surface area contributed by atoms with Gasteiger partial charge in [-0.2, -0.15) is 0 Å². The summed E-state index contributed by atoms with van der Waals surface area (Å²) in [5.41, 5.74) is 3.92. The second-order valence-electron chi connectivity index (χ2n) is 1.39. The van der Waals surface area contributed by atoms with Gasteiger partial charge in [0.05, 0.1) is 0 Å². The number of hydrogen-bond acceptors (Lipinski definition) is 1. The molecular weight excluding hydrogens is 90.1 g/mol. The van der Waals surface area contributed by atoms with Crippen LogP contribution in [0, 0.1) is 0 Å². The van der Waals surface area contributed by atoms with Gasteiger partial charge >= 0.3 is 5.91 Å². The van der Waals surface area contributed by atoms with E-state index in [1.54, 1.807) is 13.0 Å². The van der Waals surface area contributed by atoms with Gasteiger partial charge in [-0.05, 0) is 13.8 Å². The highest BCUT2D eigenvalue weighted by atomic mass is 16.1. The van der Waals surface area contributed by atoms with E-state index in [1.807, 2.05) is 6.92 Å². The molecule has 0 aliphatic carbocycles. The van der Waals surface area contributed by atoms with E-state index in [-0.39, 0.29) is 5.91 Å². The third kappa shape index (κ3) is 2.11. The van der Waals surface area contributed by atoms with Crippen molar-refractivity contribution in [3.05, 3.63) is 11.6 Å². The Balaban J connectivity index is 3.82. The van der Waals surface area contributed by atoms with Crippen LogP contribution in [-0.4, -0.2) is 5.91 Å². The van der Waals surface area contributed by atoms with Gasteiger partial charge in [0.1, 0.15) is 0 Å². The molecule has 0 aromatic rings. The lowest BCUT2D eigenvalue weighted by Crippen LogP contribution is -2.57. The molecule has 3 N–H and O–H groups in total. The van der Waals surface area contributed by atoms with Gasteiger partial charge in [0, 0.05) is 5.57 Å². The Morgan fingerprint density at radius 3 is 2.14 bits per heavy atom. The van der Waals surface area contributed by atoms with Gasteiger partial charge in [-0.1, -0.05) is 6.08 Å². The summed E-state index contributed by atoms with van der Waals surface area (Å²) < 4.78 is 0. The van der Waals surface area contributed by atoms with E-state index in [9.17, 15) is 4.79 Å². The second kappa shape index (κ2) is 2.53. The lowest BCUT2D eigenvalue weighted by Gasteiger charge is -1.80. The Morgan fingerprint density at radius 2 is 2.14 bits per heavy atom. The Kier molecular flexibility index (Phi) is 2.30. The van der Waals surface area contributed by atoms with Crippen LogP contribution < -0.4 is 5.73 Å². The third-order valence-corrected chi connectivity index (χ3v) is 0.873. The molecule has 0 spiro atoms. The van der Waals surface area contributed by atoms with Crippen molar-refractivity contribution in [2.45, 2.75) is 13.8 Å². The van der Waals surface area contributed by atoms with E-state index in [0.29, 0.717) is 0 Å². The molecule has 0 unspecified atom stereocenters. The summed E-state index contributed by atoms with van der Waals surface area (Å²) >= 11 is 0. The quantitative estimate of drug-likeness (QED) is 0.452. The maximum absolute atomic E-state index is 10.2. The van der Waals surface area contributed by atoms with Crippen LogP contribution in [0.1, 0.15) is 13.8 Å². The first-order valence-corrected chi connectivity index (χ1v) is 2.17. The molecule has 0 fully saturated rings. The standard InChI is InChI=1S/C5H9NO/c1-3-4(2)5(6)7/h3H,1-2H3,(H2,6,7)/p+1. The smallest absolute Gasteiger partial charge is 0.290 e. The van der Waals surface area contributed by atoms with E-state index in [0.717, 1.165) is 5.57 Å². The molecule has 0 saturated carbocycles. The van der Waals surface area contributed by atoms with Crippen molar-refractivity contribution in [2.24, 2.45) is 0 Å². The molecule has 0 atom stereocenters. The van der Waals surface area contributed by atoms with Crippen LogP contribution in [0.2, 0.25) is 0 Å². The van der Waals surface area contributed by atoms with Gasteiger partial charge in [0.15, 0.2) is 0 Å². The number of hydrogen-bond donors (Lipinski definition) is 1. The van der Waals surface area contributed by atoms with Crippen LogP contribution in [-0.2, 0) is 4.79 Å². The van der Waals surface area contributed by atoms with Crippen LogP contribution in [0.3, 0.4) is 0 Å². The molecule has 0 aromatic heterocycles. The number of allylic oxidation sites excluding steroid dienone is 1. The van der Waals surface area contributed by atoms with Gasteiger partial charge < -0.3 is 0 Å². The van der Waals surface area contributed by atoms with E-state index in [1.165, 1.54) is 0 Å². The van der Waals surface area contributed by atoms with Crippen molar-refractivity contribution < 1.29 is 10.5 Å². The molecule has 0 saturated heterocycles. The minimum absolute atomic E-state index is 0.0949. The van der Waals surface area contributed by atoms with Crippen molar-refractivity contribution in [1.29, 1.82) is 0 Å². The fraction of sp³-hybridized carbons (Fsp3) is 0.400. The largest absolute Gasteiger partial charge is 0.336 e. The van der Waals surface area contributed by atoms with Gasteiger partial charge in [-0.25, -0.2) is 4.79 Å². The number of carbonyl (C=O) groups excluding carboxylic acids is 1. The minimum Gasteiger partial charge on any atom is -0.290 e. The summed E-state index contributed by atoms with van der Waals surface area (Å²) in [4.78, 5) is 10.2. The van der Waals surface area contributed by atoms with Crippen LogP contribution in [0.15, 0.2) is 11.6 Å². The molecular formula is C5H10NO+. The Morgan fingerprint density at radius 1 is 1.71 bits per heavy atom. The number of quaternary nitrogens is 1. The molecule has 0 rings (SSSR count). The molecule has 0 bridgehead atoms. The third-order valence-electron chi connectivity index (χ3n) is 0.873. The lowest BCUT2D eigenvalue weighted by molar-refractivity contribution is -0.299. The fourth-order valence-electron chi connectivity index (χ4n) is 0.161. The summed E-state index contributed by atoms with van der Waals surface area (Å²) in [6, 6.07) is 0. The zero-order valence-electron chi connectivity index (χ0n) is 4.69. The van der Waals surface area contributed by atoms with Gasteiger partial charge in [-0.3, -0.25) is 5.73 Å². The van der Waals surface area contributed by atoms with E-state index in [4.69, 9.17) is 0 Å². The summed E-state index contributed by atoms with van der Waals surface area (Å²) in [6.45, 7) is 3.56. The Bertz CT molecular complexity index is 105. The molecule has 2 nitrogen and oxygen atoms in total. The normalized spacial score (nSPS) is 11.6.